The van der Waals surface area contributed by atoms with Gasteiger partial charge in [-0.2, -0.15) is 0 Å². The Balaban J connectivity index is 1.76. The summed E-state index contributed by atoms with van der Waals surface area (Å²) in [6.07, 6.45) is 0. The molecule has 1 aliphatic heterocycles. The molecule has 0 unspecified atom stereocenters. The molecule has 0 atom stereocenters. The molecule has 0 aromatic heterocycles. The second kappa shape index (κ2) is 11.0. The van der Waals surface area contributed by atoms with E-state index in [1.807, 2.05) is 78.9 Å². The first-order chi connectivity index (χ1) is 17.7. The number of carbonyl (C=O) groups is 1. The summed E-state index contributed by atoms with van der Waals surface area (Å²) in [5, 5.41) is 10.5. The van der Waals surface area contributed by atoms with Gasteiger partial charge in [0.15, 0.2) is 0 Å². The van der Waals surface area contributed by atoms with Crippen molar-refractivity contribution in [2.45, 2.75) is 6.92 Å². The Kier molecular flexibility index (Phi) is 7.37. The van der Waals surface area contributed by atoms with E-state index in [0.29, 0.717) is 6.54 Å². The molecule has 1 N–H and O–H groups in total. The van der Waals surface area contributed by atoms with Crippen molar-refractivity contribution in [3.05, 3.63) is 130 Å². The number of carboxylic acids is 1. The van der Waals surface area contributed by atoms with Gasteiger partial charge in [-0.15, -0.1) is 0 Å². The van der Waals surface area contributed by atoms with Crippen molar-refractivity contribution in [3.63, 3.8) is 0 Å². The van der Waals surface area contributed by atoms with Gasteiger partial charge < -0.3 is 0 Å². The SMILES string of the molecule is CCN1C(=C(N=C(B(c2ccccc2)c2ccccc2)c2ccccc2)C(=O)O)[Te]c2ccccc21. The van der Waals surface area contributed by atoms with Gasteiger partial charge in [-0.1, -0.05) is 0 Å². The second-order valence-electron chi connectivity index (χ2n) is 8.39. The maximum atomic E-state index is 12.8. The van der Waals surface area contributed by atoms with E-state index in [1.165, 1.54) is 3.61 Å². The molecule has 6 heteroatoms. The molecule has 0 aliphatic carbocycles. The van der Waals surface area contributed by atoms with Crippen molar-refractivity contribution in [2.75, 3.05) is 11.4 Å². The number of carboxylic acid groups (broad SMARTS) is 1. The number of nitrogens with zero attached hydrogens (tertiary/aromatic N) is 2. The molecule has 0 saturated heterocycles. The Labute approximate surface area is 222 Å². The first-order valence-electron chi connectivity index (χ1n) is 11.9. The van der Waals surface area contributed by atoms with E-state index in [4.69, 9.17) is 4.99 Å². The van der Waals surface area contributed by atoms with Crippen molar-refractivity contribution in [2.24, 2.45) is 4.99 Å². The molecule has 0 amide bonds. The molecule has 1 aliphatic rings. The van der Waals surface area contributed by atoms with E-state index in [0.717, 1.165) is 31.5 Å². The summed E-state index contributed by atoms with van der Waals surface area (Å²) in [6.45, 7) is 2.54. The third kappa shape index (κ3) is 4.88. The van der Waals surface area contributed by atoms with Gasteiger partial charge in [0.1, 0.15) is 0 Å². The summed E-state index contributed by atoms with van der Waals surface area (Å²) in [7, 11) is 0. The third-order valence-corrected chi connectivity index (χ3v) is 9.52. The topological polar surface area (TPSA) is 52.9 Å². The van der Waals surface area contributed by atoms with Gasteiger partial charge in [-0.05, 0) is 0 Å². The van der Waals surface area contributed by atoms with Crippen LogP contribution < -0.4 is 19.4 Å². The van der Waals surface area contributed by atoms with Crippen LogP contribution in [0.15, 0.2) is 130 Å². The fourth-order valence-electron chi connectivity index (χ4n) is 4.54. The van der Waals surface area contributed by atoms with Crippen LogP contribution in [-0.4, -0.2) is 50.9 Å². The van der Waals surface area contributed by atoms with Gasteiger partial charge in [-0.25, -0.2) is 0 Å². The Hall–Kier alpha value is -3.59. The van der Waals surface area contributed by atoms with Crippen molar-refractivity contribution in [3.8, 4) is 0 Å². The Bertz CT molecular complexity index is 1380. The van der Waals surface area contributed by atoms with E-state index in [2.05, 4.69) is 48.2 Å². The summed E-state index contributed by atoms with van der Waals surface area (Å²) in [6, 6.07) is 38.6. The summed E-state index contributed by atoms with van der Waals surface area (Å²) in [5.41, 5.74) is 5.03. The predicted molar refractivity (Wildman–Crippen MR) is 150 cm³/mol. The number of hydrogen-bond acceptors (Lipinski definition) is 3. The van der Waals surface area contributed by atoms with Crippen LogP contribution in [-0.2, 0) is 4.79 Å². The number of aliphatic carboxylic acids is 1. The van der Waals surface area contributed by atoms with Crippen LogP contribution in [0, 0.1) is 0 Å². The second-order valence-corrected chi connectivity index (χ2v) is 11.3. The molecule has 0 bridgehead atoms. The number of anilines is 1. The van der Waals surface area contributed by atoms with Crippen LogP contribution in [0.25, 0.3) is 0 Å². The van der Waals surface area contributed by atoms with Gasteiger partial charge in [0.25, 0.3) is 0 Å². The molecule has 0 radical (unpaired) electrons. The zero-order chi connectivity index (χ0) is 24.9. The molecular formula is C30H25BN2O2Te. The molecule has 4 aromatic rings. The average molecular weight is 584 g/mol. The van der Waals surface area contributed by atoms with Crippen LogP contribution >= 0.6 is 0 Å². The summed E-state index contributed by atoms with van der Waals surface area (Å²) < 4.78 is 2.10. The first kappa shape index (κ1) is 24.1. The van der Waals surface area contributed by atoms with E-state index >= 15 is 0 Å². The van der Waals surface area contributed by atoms with Gasteiger partial charge in [0, 0.05) is 0 Å². The van der Waals surface area contributed by atoms with Gasteiger partial charge >= 0.3 is 223 Å². The molecule has 176 valence electrons. The van der Waals surface area contributed by atoms with Crippen molar-refractivity contribution >= 4 is 59.4 Å². The van der Waals surface area contributed by atoms with Crippen molar-refractivity contribution < 1.29 is 9.90 Å². The van der Waals surface area contributed by atoms with Gasteiger partial charge in [0.2, 0.25) is 0 Å². The van der Waals surface area contributed by atoms with E-state index in [1.54, 1.807) is 0 Å². The average Bonchev–Trinajstić information content (AvgIpc) is 3.30. The molecule has 36 heavy (non-hydrogen) atoms. The fraction of sp³-hybridized carbons (Fsp3) is 0.0667. The molecule has 1 heterocycles. The van der Waals surface area contributed by atoms with Crippen molar-refractivity contribution in [1.82, 2.24) is 0 Å². The fourth-order valence-corrected chi connectivity index (χ4v) is 7.98. The summed E-state index contributed by atoms with van der Waals surface area (Å²) in [4.78, 5) is 20.0. The molecule has 4 aromatic carbocycles. The van der Waals surface area contributed by atoms with E-state index in [9.17, 15) is 9.90 Å². The number of para-hydroxylation sites is 1. The number of rotatable bonds is 7. The third-order valence-electron chi connectivity index (χ3n) is 6.17. The minimum absolute atomic E-state index is 0.145. The van der Waals surface area contributed by atoms with Gasteiger partial charge in [0.05, 0.1) is 0 Å². The molecule has 0 fully saturated rings. The number of hydrogen-bond donors (Lipinski definition) is 1. The number of fused-ring (bicyclic) bond motifs is 1. The van der Waals surface area contributed by atoms with Gasteiger partial charge in [-0.3, -0.25) is 0 Å². The van der Waals surface area contributed by atoms with Crippen LogP contribution in [0.2, 0.25) is 0 Å². The Morgan fingerprint density at radius 2 is 1.33 bits per heavy atom. The maximum absolute atomic E-state index is 12.8. The van der Waals surface area contributed by atoms with Crippen molar-refractivity contribution in [1.29, 1.82) is 0 Å². The molecule has 5 rings (SSSR count). The Morgan fingerprint density at radius 1 is 0.806 bits per heavy atom. The standard InChI is InChI=1S/C30H25BN2O2Te/c1-2-33-25-20-12-13-21-26(25)36-29(33)27(30(34)35)32-28(22-14-6-3-7-15-22)31(23-16-8-4-9-17-23)24-18-10-5-11-19-24/h3-21H,2H2,1H3,(H,34,35). The van der Waals surface area contributed by atoms with E-state index < -0.39 is 26.9 Å². The number of benzene rings is 4. The van der Waals surface area contributed by atoms with E-state index in [-0.39, 0.29) is 12.4 Å². The monoisotopic (exact) mass is 586 g/mol. The molecule has 4 nitrogen and oxygen atoms in total. The molecule has 0 saturated carbocycles. The zero-order valence-electron chi connectivity index (χ0n) is 19.9. The summed E-state index contributed by atoms with van der Waals surface area (Å²) >= 11 is -0.900. The van der Waals surface area contributed by atoms with Crippen LogP contribution in [0.5, 0.6) is 0 Å². The normalized spacial score (nSPS) is 14.4. The Morgan fingerprint density at radius 3 is 1.89 bits per heavy atom. The molecular weight excluding hydrogens is 559 g/mol. The number of aliphatic imine (C=N–C) groups is 1. The van der Waals surface area contributed by atoms with Crippen LogP contribution in [0.3, 0.4) is 0 Å². The quantitative estimate of drug-likeness (QED) is 0.206. The first-order valence-corrected chi connectivity index (χ1v) is 14.3. The predicted octanol–water partition coefficient (Wildman–Crippen LogP) is 3.45. The van der Waals surface area contributed by atoms with Crippen LogP contribution in [0.1, 0.15) is 12.5 Å². The minimum atomic E-state index is -0.991. The molecule has 0 spiro atoms. The zero-order valence-corrected chi connectivity index (χ0v) is 22.2. The van der Waals surface area contributed by atoms with Crippen LogP contribution in [0.4, 0.5) is 5.69 Å². The summed E-state index contributed by atoms with van der Waals surface area (Å²) in [5.74, 6) is -0.991.